The molecule has 3 rings (SSSR count). The second kappa shape index (κ2) is 4.88. The van der Waals surface area contributed by atoms with Crippen molar-refractivity contribution < 1.29 is 24.9 Å². The van der Waals surface area contributed by atoms with Crippen molar-refractivity contribution in [2.24, 2.45) is 0 Å². The van der Waals surface area contributed by atoms with Gasteiger partial charge in [-0.25, -0.2) is 14.6 Å². The number of phenols is 1. The Labute approximate surface area is 123 Å². The van der Waals surface area contributed by atoms with Crippen LogP contribution in [0.2, 0.25) is 0 Å². The third-order valence-corrected chi connectivity index (χ3v) is 3.19. The van der Waals surface area contributed by atoms with Gasteiger partial charge in [0.15, 0.2) is 5.69 Å². The fourth-order valence-electron chi connectivity index (χ4n) is 2.30. The van der Waals surface area contributed by atoms with Gasteiger partial charge in [0.05, 0.1) is 5.52 Å². The smallest absolute Gasteiger partial charge is 0.356 e. The van der Waals surface area contributed by atoms with Crippen molar-refractivity contribution in [2.75, 3.05) is 0 Å². The summed E-state index contributed by atoms with van der Waals surface area (Å²) in [6.07, 6.45) is 0. The highest BCUT2D eigenvalue weighted by atomic mass is 16.4. The van der Waals surface area contributed by atoms with E-state index in [0.717, 1.165) is 0 Å². The summed E-state index contributed by atoms with van der Waals surface area (Å²) in [7, 11) is 0. The Bertz CT molecular complexity index is 913. The van der Waals surface area contributed by atoms with E-state index in [-0.39, 0.29) is 28.5 Å². The Hall–Kier alpha value is -3.35. The van der Waals surface area contributed by atoms with Crippen molar-refractivity contribution in [1.29, 1.82) is 0 Å². The number of carboxylic acid groups (broad SMARTS) is 2. The number of rotatable bonds is 3. The van der Waals surface area contributed by atoms with E-state index in [0.29, 0.717) is 5.56 Å². The fourth-order valence-corrected chi connectivity index (χ4v) is 2.30. The molecule has 0 aliphatic heterocycles. The molecule has 110 valence electrons. The molecule has 0 spiro atoms. The summed E-state index contributed by atoms with van der Waals surface area (Å²) in [5.41, 5.74) is 0.222. The summed E-state index contributed by atoms with van der Waals surface area (Å²) >= 11 is 0. The van der Waals surface area contributed by atoms with Gasteiger partial charge < -0.3 is 15.3 Å². The number of hydrogen-bond acceptors (Lipinski definition) is 4. The van der Waals surface area contributed by atoms with Gasteiger partial charge in [0.25, 0.3) is 0 Å². The van der Waals surface area contributed by atoms with Crippen molar-refractivity contribution in [3.63, 3.8) is 0 Å². The first-order valence-electron chi connectivity index (χ1n) is 6.26. The van der Waals surface area contributed by atoms with Crippen LogP contribution in [0.15, 0.2) is 42.5 Å². The van der Waals surface area contributed by atoms with E-state index >= 15 is 0 Å². The minimum absolute atomic E-state index is 0.0288. The van der Waals surface area contributed by atoms with Crippen LogP contribution >= 0.6 is 0 Å². The first-order valence-corrected chi connectivity index (χ1v) is 6.26. The highest BCUT2D eigenvalue weighted by Crippen LogP contribution is 2.27. The van der Waals surface area contributed by atoms with Crippen molar-refractivity contribution in [3.05, 3.63) is 53.9 Å². The molecule has 0 saturated heterocycles. The van der Waals surface area contributed by atoms with Gasteiger partial charge in [-0.05, 0) is 24.3 Å². The number of aromatic nitrogens is 2. The molecule has 0 amide bonds. The summed E-state index contributed by atoms with van der Waals surface area (Å²) in [5.74, 6) is -2.35. The number of carboxylic acids is 2. The Morgan fingerprint density at radius 1 is 1.00 bits per heavy atom. The van der Waals surface area contributed by atoms with E-state index in [1.165, 1.54) is 34.7 Å². The molecule has 3 aromatic rings. The maximum atomic E-state index is 11.4. The molecule has 2 heterocycles. The number of pyridine rings is 1. The number of hydrogen-bond donors (Lipinski definition) is 3. The average Bonchev–Trinajstić information content (AvgIpc) is 2.86. The standard InChI is InChI=1S/C15H10N2O5/c18-9-4-1-3-8(7-9)13-16-12(15(21)22)10-5-2-6-11(14(19)20)17(10)13/h1-7,18H,(H,19,20)(H,21,22). The fraction of sp³-hybridized carbons (Fsp3) is 0. The third kappa shape index (κ3) is 2.05. The molecule has 2 aromatic heterocycles. The molecule has 1 aromatic carbocycles. The lowest BCUT2D eigenvalue weighted by molar-refractivity contribution is 0.0678. The number of aromatic hydroxyl groups is 1. The summed E-state index contributed by atoms with van der Waals surface area (Å²) in [5, 5.41) is 28.1. The Balaban J connectivity index is 2.43. The van der Waals surface area contributed by atoms with Gasteiger partial charge in [0, 0.05) is 5.56 Å². The van der Waals surface area contributed by atoms with Crippen LogP contribution in [0.1, 0.15) is 21.0 Å². The number of aromatic carboxylic acids is 2. The Morgan fingerprint density at radius 2 is 1.73 bits per heavy atom. The summed E-state index contributed by atoms with van der Waals surface area (Å²) in [4.78, 5) is 26.8. The number of phenolic OH excluding ortho intramolecular Hbond substituents is 1. The zero-order chi connectivity index (χ0) is 15.9. The molecule has 0 aliphatic rings. The van der Waals surface area contributed by atoms with Crippen molar-refractivity contribution in [3.8, 4) is 17.1 Å². The number of nitrogens with zero attached hydrogens (tertiary/aromatic N) is 2. The minimum atomic E-state index is -1.26. The second-order valence-electron chi connectivity index (χ2n) is 4.58. The molecule has 0 radical (unpaired) electrons. The quantitative estimate of drug-likeness (QED) is 0.682. The maximum Gasteiger partial charge on any atom is 0.356 e. The largest absolute Gasteiger partial charge is 0.508 e. The highest BCUT2D eigenvalue weighted by molar-refractivity contribution is 5.97. The zero-order valence-corrected chi connectivity index (χ0v) is 11.1. The van der Waals surface area contributed by atoms with Crippen molar-refractivity contribution in [2.45, 2.75) is 0 Å². The first kappa shape index (κ1) is 13.6. The summed E-state index contributed by atoms with van der Waals surface area (Å²) in [6.45, 7) is 0. The van der Waals surface area contributed by atoms with Crippen LogP contribution in [0.4, 0.5) is 0 Å². The van der Waals surface area contributed by atoms with Gasteiger partial charge >= 0.3 is 11.9 Å². The lowest BCUT2D eigenvalue weighted by Gasteiger charge is -2.05. The number of carbonyl (C=O) groups is 2. The van der Waals surface area contributed by atoms with Gasteiger partial charge in [-0.3, -0.25) is 4.40 Å². The van der Waals surface area contributed by atoms with E-state index in [4.69, 9.17) is 0 Å². The lowest BCUT2D eigenvalue weighted by atomic mass is 10.2. The second-order valence-corrected chi connectivity index (χ2v) is 4.58. The number of fused-ring (bicyclic) bond motifs is 1. The Morgan fingerprint density at radius 3 is 2.36 bits per heavy atom. The van der Waals surface area contributed by atoms with Gasteiger partial charge in [-0.15, -0.1) is 0 Å². The number of benzene rings is 1. The molecule has 3 N–H and O–H groups in total. The molecular formula is C15H10N2O5. The molecule has 22 heavy (non-hydrogen) atoms. The molecular weight excluding hydrogens is 288 g/mol. The third-order valence-electron chi connectivity index (χ3n) is 3.19. The monoisotopic (exact) mass is 298 g/mol. The SMILES string of the molecule is O=C(O)c1nc(-c2cccc(O)c2)n2c(C(=O)O)cccc12. The number of imidazole rings is 1. The molecule has 0 fully saturated rings. The minimum Gasteiger partial charge on any atom is -0.508 e. The summed E-state index contributed by atoms with van der Waals surface area (Å²) in [6, 6.07) is 10.3. The molecule has 0 atom stereocenters. The summed E-state index contributed by atoms with van der Waals surface area (Å²) < 4.78 is 1.25. The molecule has 0 aliphatic carbocycles. The normalized spacial score (nSPS) is 10.7. The van der Waals surface area contributed by atoms with Gasteiger partial charge in [-0.1, -0.05) is 18.2 Å². The Kier molecular flexibility index (Phi) is 3.03. The molecule has 0 bridgehead atoms. The van der Waals surface area contributed by atoms with Crippen LogP contribution in [-0.2, 0) is 0 Å². The predicted molar refractivity (Wildman–Crippen MR) is 76.2 cm³/mol. The topological polar surface area (TPSA) is 112 Å². The van der Waals surface area contributed by atoms with Crippen LogP contribution in [0.5, 0.6) is 5.75 Å². The van der Waals surface area contributed by atoms with E-state index in [1.807, 2.05) is 0 Å². The van der Waals surface area contributed by atoms with Crippen molar-refractivity contribution >= 4 is 17.5 Å². The van der Waals surface area contributed by atoms with E-state index in [9.17, 15) is 24.9 Å². The maximum absolute atomic E-state index is 11.4. The van der Waals surface area contributed by atoms with Crippen LogP contribution in [0, 0.1) is 0 Å². The predicted octanol–water partition coefficient (Wildman–Crippen LogP) is 2.10. The van der Waals surface area contributed by atoms with Crippen LogP contribution in [0.3, 0.4) is 0 Å². The van der Waals surface area contributed by atoms with E-state index < -0.39 is 11.9 Å². The molecule has 7 nitrogen and oxygen atoms in total. The van der Waals surface area contributed by atoms with Gasteiger partial charge in [0.1, 0.15) is 17.3 Å². The zero-order valence-electron chi connectivity index (χ0n) is 11.1. The molecule has 0 saturated carbocycles. The first-order chi connectivity index (χ1) is 10.5. The van der Waals surface area contributed by atoms with E-state index in [2.05, 4.69) is 4.98 Å². The lowest BCUT2D eigenvalue weighted by Crippen LogP contribution is -2.06. The van der Waals surface area contributed by atoms with Crippen molar-refractivity contribution in [1.82, 2.24) is 9.38 Å². The van der Waals surface area contributed by atoms with E-state index in [1.54, 1.807) is 12.1 Å². The average molecular weight is 298 g/mol. The van der Waals surface area contributed by atoms with Crippen LogP contribution in [-0.4, -0.2) is 36.6 Å². The van der Waals surface area contributed by atoms with Crippen LogP contribution in [0.25, 0.3) is 16.9 Å². The molecule has 7 heteroatoms. The highest BCUT2D eigenvalue weighted by Gasteiger charge is 2.21. The van der Waals surface area contributed by atoms with Crippen LogP contribution < -0.4 is 0 Å². The van der Waals surface area contributed by atoms with Gasteiger partial charge in [-0.2, -0.15) is 0 Å². The molecule has 0 unspecified atom stereocenters. The van der Waals surface area contributed by atoms with Gasteiger partial charge in [0.2, 0.25) is 0 Å².